The Hall–Kier alpha value is -2.55. The van der Waals surface area contributed by atoms with Crippen molar-refractivity contribution >= 4 is 15.9 Å². The van der Waals surface area contributed by atoms with Crippen LogP contribution in [0.4, 0.5) is 0 Å². The molecule has 0 N–H and O–H groups in total. The van der Waals surface area contributed by atoms with E-state index in [-0.39, 0.29) is 12.2 Å². The molecule has 0 aliphatic carbocycles. The average molecular weight is 419 g/mol. The lowest BCUT2D eigenvalue weighted by molar-refractivity contribution is 0.273. The first-order chi connectivity index (χ1) is 12.5. The molecule has 3 heterocycles. The van der Waals surface area contributed by atoms with Gasteiger partial charge in [0.1, 0.15) is 18.0 Å². The van der Waals surface area contributed by atoms with Crippen molar-refractivity contribution in [3.63, 3.8) is 0 Å². The van der Waals surface area contributed by atoms with Crippen molar-refractivity contribution in [2.45, 2.75) is 33.4 Å². The third-order valence-electron chi connectivity index (χ3n) is 3.84. The molecule has 0 radical (unpaired) electrons. The Balaban J connectivity index is 1.85. The Morgan fingerprint density at radius 2 is 2.04 bits per heavy atom. The fraction of sp³-hybridized carbons (Fsp3) is 0.353. The molecular formula is C17H19BrN6O2. The van der Waals surface area contributed by atoms with Crippen molar-refractivity contribution in [2.75, 3.05) is 0 Å². The maximum absolute atomic E-state index is 11.8. The largest absolute Gasteiger partial charge is 0.470 e. The summed E-state index contributed by atoms with van der Waals surface area (Å²) in [6.45, 7) is 4.67. The lowest BCUT2D eigenvalue weighted by Gasteiger charge is -2.09. The van der Waals surface area contributed by atoms with Gasteiger partial charge in [-0.2, -0.15) is 0 Å². The minimum Gasteiger partial charge on any atom is -0.470 e. The van der Waals surface area contributed by atoms with E-state index in [1.165, 1.54) is 10.7 Å². The Labute approximate surface area is 159 Å². The molecule has 3 aromatic rings. The lowest BCUT2D eigenvalue weighted by Crippen LogP contribution is -2.22. The molecule has 3 rings (SSSR count). The Bertz CT molecular complexity index is 982. The van der Waals surface area contributed by atoms with Gasteiger partial charge in [0.2, 0.25) is 5.88 Å². The van der Waals surface area contributed by atoms with E-state index in [0.717, 1.165) is 28.0 Å². The van der Waals surface area contributed by atoms with Crippen LogP contribution in [0.25, 0.3) is 11.4 Å². The van der Waals surface area contributed by atoms with Crippen LogP contribution in [0.3, 0.4) is 0 Å². The highest BCUT2D eigenvalue weighted by Crippen LogP contribution is 2.23. The summed E-state index contributed by atoms with van der Waals surface area (Å²) in [6, 6.07) is 6.84. The molecule has 0 aromatic carbocycles. The quantitative estimate of drug-likeness (QED) is 0.610. The number of halogens is 1. The predicted molar refractivity (Wildman–Crippen MR) is 99.8 cm³/mol. The first-order valence-electron chi connectivity index (χ1n) is 8.22. The van der Waals surface area contributed by atoms with Gasteiger partial charge in [0, 0.05) is 30.2 Å². The summed E-state index contributed by atoms with van der Waals surface area (Å²) in [5.41, 5.74) is 2.88. The van der Waals surface area contributed by atoms with Gasteiger partial charge < -0.3 is 4.74 Å². The highest BCUT2D eigenvalue weighted by atomic mass is 79.9. The Morgan fingerprint density at radius 3 is 2.77 bits per heavy atom. The van der Waals surface area contributed by atoms with Crippen LogP contribution in [0.2, 0.25) is 0 Å². The zero-order valence-electron chi connectivity index (χ0n) is 14.8. The molecule has 0 saturated carbocycles. The second kappa shape index (κ2) is 7.77. The normalized spacial score (nSPS) is 10.9. The van der Waals surface area contributed by atoms with Crippen LogP contribution >= 0.6 is 15.9 Å². The van der Waals surface area contributed by atoms with Crippen LogP contribution in [-0.2, 0) is 20.2 Å². The van der Waals surface area contributed by atoms with Crippen molar-refractivity contribution in [3.05, 3.63) is 50.5 Å². The summed E-state index contributed by atoms with van der Waals surface area (Å²) in [7, 11) is 1.80. The third kappa shape index (κ3) is 3.82. The summed E-state index contributed by atoms with van der Waals surface area (Å²) >= 11 is 3.45. The van der Waals surface area contributed by atoms with Gasteiger partial charge in [-0.05, 0) is 41.4 Å². The van der Waals surface area contributed by atoms with Crippen LogP contribution in [0.5, 0.6) is 5.88 Å². The number of nitrogens with zero attached hydrogens (tertiary/aromatic N) is 6. The van der Waals surface area contributed by atoms with Gasteiger partial charge >= 0.3 is 0 Å². The topological polar surface area (TPSA) is 87.7 Å². The predicted octanol–water partition coefficient (Wildman–Crippen LogP) is 2.49. The van der Waals surface area contributed by atoms with E-state index in [1.54, 1.807) is 17.8 Å². The van der Waals surface area contributed by atoms with Crippen molar-refractivity contribution < 1.29 is 4.74 Å². The molecule has 0 aliphatic heterocycles. The summed E-state index contributed by atoms with van der Waals surface area (Å²) < 4.78 is 9.77. The fourth-order valence-electron chi connectivity index (χ4n) is 2.44. The molecule has 0 unspecified atom stereocenters. The van der Waals surface area contributed by atoms with Gasteiger partial charge in [0.05, 0.1) is 11.4 Å². The van der Waals surface area contributed by atoms with Crippen LogP contribution < -0.4 is 10.3 Å². The van der Waals surface area contributed by atoms with Crippen molar-refractivity contribution in [1.29, 1.82) is 0 Å². The van der Waals surface area contributed by atoms with Crippen molar-refractivity contribution in [3.8, 4) is 17.3 Å². The zero-order chi connectivity index (χ0) is 18.7. The zero-order valence-corrected chi connectivity index (χ0v) is 16.4. The molecule has 8 nitrogen and oxygen atoms in total. The second-order valence-electron chi connectivity index (χ2n) is 5.79. The van der Waals surface area contributed by atoms with E-state index >= 15 is 0 Å². The van der Waals surface area contributed by atoms with Gasteiger partial charge in [0.15, 0.2) is 0 Å². The summed E-state index contributed by atoms with van der Waals surface area (Å²) in [4.78, 5) is 16.3. The Kier molecular flexibility index (Phi) is 5.46. The maximum Gasteiger partial charge on any atom is 0.266 e. The minimum absolute atomic E-state index is 0.142. The second-order valence-corrected chi connectivity index (χ2v) is 6.65. The molecule has 0 aliphatic rings. The van der Waals surface area contributed by atoms with Gasteiger partial charge in [0.25, 0.3) is 5.56 Å². The molecule has 0 saturated heterocycles. The molecule has 26 heavy (non-hydrogen) atoms. The number of ether oxygens (including phenoxy) is 1. The van der Waals surface area contributed by atoms with Gasteiger partial charge in [-0.25, -0.2) is 9.36 Å². The van der Waals surface area contributed by atoms with Crippen LogP contribution in [0.15, 0.2) is 33.5 Å². The molecule has 0 spiro atoms. The van der Waals surface area contributed by atoms with Gasteiger partial charge in [-0.3, -0.25) is 9.78 Å². The average Bonchev–Trinajstić information content (AvgIpc) is 2.99. The van der Waals surface area contributed by atoms with Gasteiger partial charge in [-0.1, -0.05) is 12.1 Å². The molecule has 3 aromatic heterocycles. The highest BCUT2D eigenvalue weighted by molar-refractivity contribution is 9.10. The van der Waals surface area contributed by atoms with Crippen molar-refractivity contribution in [2.24, 2.45) is 7.05 Å². The number of pyridine rings is 1. The number of hydrogen-bond donors (Lipinski definition) is 0. The maximum atomic E-state index is 11.8. The van der Waals surface area contributed by atoms with Crippen LogP contribution in [-0.4, -0.2) is 29.8 Å². The highest BCUT2D eigenvalue weighted by Gasteiger charge is 2.16. The summed E-state index contributed by atoms with van der Waals surface area (Å²) in [6.07, 6.45) is 0.820. The number of aromatic nitrogens is 6. The monoisotopic (exact) mass is 418 g/mol. The smallest absolute Gasteiger partial charge is 0.266 e. The number of aryl methyl sites for hydroxylation is 3. The van der Waals surface area contributed by atoms with E-state index in [1.807, 2.05) is 26.0 Å². The van der Waals surface area contributed by atoms with E-state index in [2.05, 4.69) is 36.3 Å². The standard InChI is InChI=1S/C17H19BrN6O2/c1-4-9-24-16(25)8-7-15(21-24)26-10-14-17(20-22-23(14)3)13-6-5-12(18)11(2)19-13/h5-8H,4,9-10H2,1-3H3. The Morgan fingerprint density at radius 1 is 1.23 bits per heavy atom. The first-order valence-corrected chi connectivity index (χ1v) is 9.02. The molecule has 0 amide bonds. The number of hydrogen-bond acceptors (Lipinski definition) is 6. The molecule has 0 atom stereocenters. The molecule has 136 valence electrons. The molecular weight excluding hydrogens is 400 g/mol. The summed E-state index contributed by atoms with van der Waals surface area (Å²) in [5, 5.41) is 12.5. The lowest BCUT2D eigenvalue weighted by atomic mass is 10.2. The third-order valence-corrected chi connectivity index (χ3v) is 4.68. The molecule has 9 heteroatoms. The summed E-state index contributed by atoms with van der Waals surface area (Å²) in [5.74, 6) is 0.380. The number of rotatable bonds is 6. The fourth-order valence-corrected chi connectivity index (χ4v) is 2.66. The van der Waals surface area contributed by atoms with E-state index in [9.17, 15) is 4.79 Å². The molecule has 0 bridgehead atoms. The SMILES string of the molecule is CCCn1nc(OCc2c(-c3ccc(Br)c(C)n3)nnn2C)ccc1=O. The minimum atomic E-state index is -0.142. The van der Waals surface area contributed by atoms with E-state index < -0.39 is 0 Å². The van der Waals surface area contributed by atoms with E-state index in [4.69, 9.17) is 4.74 Å². The van der Waals surface area contributed by atoms with Crippen LogP contribution in [0.1, 0.15) is 24.7 Å². The van der Waals surface area contributed by atoms with Crippen molar-refractivity contribution in [1.82, 2.24) is 29.8 Å². The van der Waals surface area contributed by atoms with Gasteiger partial charge in [-0.15, -0.1) is 10.2 Å². The van der Waals surface area contributed by atoms with Crippen LogP contribution in [0, 0.1) is 6.92 Å². The molecule has 0 fully saturated rings. The first kappa shape index (κ1) is 18.2. The van der Waals surface area contributed by atoms with E-state index in [0.29, 0.717) is 18.1 Å².